The number of carbonyl (C=O) groups excluding carboxylic acids is 3. The number of ketones is 1. The first kappa shape index (κ1) is 19.1. The van der Waals surface area contributed by atoms with Crippen molar-refractivity contribution in [2.75, 3.05) is 13.2 Å². The zero-order valence-corrected chi connectivity index (χ0v) is 12.8. The summed E-state index contributed by atoms with van der Waals surface area (Å²) in [6.07, 6.45) is -4.64. The molecule has 0 radical (unpaired) electrons. The molecular weight excluding hydrogens is 319 g/mol. The normalized spacial score (nSPS) is 16.7. The summed E-state index contributed by atoms with van der Waals surface area (Å²) >= 11 is 0. The average molecular weight is 337 g/mol. The molecule has 0 spiro atoms. The third kappa shape index (κ3) is 5.99. The van der Waals surface area contributed by atoms with Gasteiger partial charge in [-0.25, -0.2) is 0 Å². The third-order valence-electron chi connectivity index (χ3n) is 2.92. The molecule has 0 saturated heterocycles. The van der Waals surface area contributed by atoms with Crippen LogP contribution in [-0.2, 0) is 23.9 Å². The van der Waals surface area contributed by atoms with Gasteiger partial charge in [-0.15, -0.1) is 0 Å². The molecule has 0 N–H and O–H groups in total. The van der Waals surface area contributed by atoms with Crippen LogP contribution in [0.15, 0.2) is 4.99 Å². The second kappa shape index (κ2) is 8.07. The molecule has 0 aliphatic heterocycles. The van der Waals surface area contributed by atoms with Gasteiger partial charge < -0.3 is 9.47 Å². The maximum Gasteiger partial charge on any atom is 0.451 e. The first-order chi connectivity index (χ1) is 10.7. The topological polar surface area (TPSA) is 82.0 Å². The van der Waals surface area contributed by atoms with E-state index in [4.69, 9.17) is 0 Å². The van der Waals surface area contributed by atoms with E-state index in [-0.39, 0.29) is 19.3 Å². The maximum absolute atomic E-state index is 12.8. The molecule has 1 unspecified atom stereocenters. The summed E-state index contributed by atoms with van der Waals surface area (Å²) in [5, 5.41) is 0. The molecule has 0 aromatic rings. The van der Waals surface area contributed by atoms with Crippen molar-refractivity contribution < 1.29 is 37.0 Å². The van der Waals surface area contributed by atoms with Crippen LogP contribution in [0.25, 0.3) is 0 Å². The number of nitrogens with zero attached hydrogens (tertiary/aromatic N) is 1. The third-order valence-corrected chi connectivity index (χ3v) is 2.92. The van der Waals surface area contributed by atoms with Gasteiger partial charge in [-0.3, -0.25) is 19.4 Å². The van der Waals surface area contributed by atoms with Gasteiger partial charge in [0.25, 0.3) is 5.78 Å². The van der Waals surface area contributed by atoms with E-state index in [0.717, 1.165) is 0 Å². The number of alkyl halides is 3. The number of esters is 2. The number of halogens is 3. The minimum Gasteiger partial charge on any atom is -0.466 e. The van der Waals surface area contributed by atoms with Crippen LogP contribution < -0.4 is 0 Å². The number of rotatable bonds is 8. The highest BCUT2D eigenvalue weighted by Gasteiger charge is 2.49. The maximum atomic E-state index is 12.8. The lowest BCUT2D eigenvalue weighted by molar-refractivity contribution is -0.177. The van der Waals surface area contributed by atoms with Crippen molar-refractivity contribution in [3.05, 3.63) is 0 Å². The Morgan fingerprint density at radius 2 is 1.70 bits per heavy atom. The van der Waals surface area contributed by atoms with Crippen molar-refractivity contribution in [1.82, 2.24) is 0 Å². The van der Waals surface area contributed by atoms with Crippen LogP contribution in [-0.4, -0.2) is 48.9 Å². The van der Waals surface area contributed by atoms with E-state index in [2.05, 4.69) is 14.5 Å². The first-order valence-electron chi connectivity index (χ1n) is 7.20. The molecule has 0 bridgehead atoms. The Hall–Kier alpha value is -1.93. The number of hydrogen-bond donors (Lipinski definition) is 0. The van der Waals surface area contributed by atoms with Crippen molar-refractivity contribution in [3.8, 4) is 0 Å². The highest BCUT2D eigenvalue weighted by Crippen LogP contribution is 2.28. The molecular formula is C14H18F3NO5. The highest BCUT2D eigenvalue weighted by molar-refractivity contribution is 6.23. The Morgan fingerprint density at radius 3 is 2.13 bits per heavy atom. The van der Waals surface area contributed by atoms with Gasteiger partial charge in [-0.1, -0.05) is 0 Å². The molecule has 0 aromatic carbocycles. The van der Waals surface area contributed by atoms with Gasteiger partial charge in [0.2, 0.25) is 0 Å². The Bertz CT molecular complexity index is 497. The molecule has 9 heteroatoms. The standard InChI is InChI=1S/C14H18F3NO5/c1-3-22-10(19)7-9(18-8-5-6-8)11(13(21)23-4-2)12(20)14(15,16)17/h8,11H,3-7H2,1-2H3. The smallest absolute Gasteiger partial charge is 0.451 e. The van der Waals surface area contributed by atoms with Crippen LogP contribution >= 0.6 is 0 Å². The molecule has 23 heavy (non-hydrogen) atoms. The van der Waals surface area contributed by atoms with Crippen molar-refractivity contribution in [3.63, 3.8) is 0 Å². The Kier molecular flexibility index (Phi) is 6.71. The summed E-state index contributed by atoms with van der Waals surface area (Å²) in [5.41, 5.74) is -0.452. The average Bonchev–Trinajstić information content (AvgIpc) is 3.22. The zero-order valence-electron chi connectivity index (χ0n) is 12.8. The lowest BCUT2D eigenvalue weighted by Crippen LogP contribution is -2.42. The van der Waals surface area contributed by atoms with E-state index < -0.39 is 41.9 Å². The SMILES string of the molecule is CCOC(=O)CC(=NC1CC1)C(C(=O)OCC)C(=O)C(F)(F)F. The number of ether oxygens (including phenoxy) is 2. The van der Waals surface area contributed by atoms with E-state index in [0.29, 0.717) is 12.8 Å². The Balaban J connectivity index is 3.12. The van der Waals surface area contributed by atoms with Crippen LogP contribution in [0, 0.1) is 5.92 Å². The van der Waals surface area contributed by atoms with Gasteiger partial charge in [0, 0.05) is 5.71 Å². The summed E-state index contributed by atoms with van der Waals surface area (Å²) in [6.45, 7) is 2.75. The van der Waals surface area contributed by atoms with Crippen molar-refractivity contribution in [2.24, 2.45) is 10.9 Å². The van der Waals surface area contributed by atoms with Gasteiger partial charge in [-0.05, 0) is 26.7 Å². The fraction of sp³-hybridized carbons (Fsp3) is 0.714. The number of hydrogen-bond acceptors (Lipinski definition) is 6. The summed E-state index contributed by atoms with van der Waals surface area (Å²) in [6, 6.07) is -0.280. The highest BCUT2D eigenvalue weighted by atomic mass is 19.4. The minimum atomic E-state index is -5.24. The molecule has 6 nitrogen and oxygen atoms in total. The number of aliphatic imine (C=N–C) groups is 1. The van der Waals surface area contributed by atoms with Crippen LogP contribution in [0.5, 0.6) is 0 Å². The largest absolute Gasteiger partial charge is 0.466 e. The fourth-order valence-electron chi connectivity index (χ4n) is 1.80. The second-order valence-electron chi connectivity index (χ2n) is 4.88. The lowest BCUT2D eigenvalue weighted by Gasteiger charge is -2.18. The van der Waals surface area contributed by atoms with E-state index in [9.17, 15) is 27.6 Å². The predicted molar refractivity (Wildman–Crippen MR) is 72.9 cm³/mol. The predicted octanol–water partition coefficient (Wildman–Crippen LogP) is 1.85. The van der Waals surface area contributed by atoms with Crippen LogP contribution in [0.3, 0.4) is 0 Å². The Labute approximate surface area is 131 Å². The molecule has 1 aliphatic rings. The van der Waals surface area contributed by atoms with Gasteiger partial charge in [0.1, 0.15) is 0 Å². The molecule has 0 amide bonds. The van der Waals surface area contributed by atoms with Crippen molar-refractivity contribution in [1.29, 1.82) is 0 Å². The van der Waals surface area contributed by atoms with Gasteiger partial charge in [-0.2, -0.15) is 13.2 Å². The number of Topliss-reactive ketones (excluding diaryl/α,β-unsaturated/α-hetero) is 1. The van der Waals surface area contributed by atoms with E-state index in [1.54, 1.807) is 0 Å². The second-order valence-corrected chi connectivity index (χ2v) is 4.88. The molecule has 130 valence electrons. The van der Waals surface area contributed by atoms with Gasteiger partial charge >= 0.3 is 18.1 Å². The summed E-state index contributed by atoms with van der Waals surface area (Å²) in [4.78, 5) is 39.0. The summed E-state index contributed by atoms with van der Waals surface area (Å²) in [5.74, 6) is -6.77. The van der Waals surface area contributed by atoms with Gasteiger partial charge in [0.15, 0.2) is 5.92 Å². The molecule has 1 saturated carbocycles. The van der Waals surface area contributed by atoms with Gasteiger partial charge in [0.05, 0.1) is 25.7 Å². The molecule has 1 atom stereocenters. The van der Waals surface area contributed by atoms with Crippen molar-refractivity contribution in [2.45, 2.75) is 45.3 Å². The van der Waals surface area contributed by atoms with E-state index in [1.165, 1.54) is 13.8 Å². The molecule has 1 aliphatic carbocycles. The molecule has 1 fully saturated rings. The van der Waals surface area contributed by atoms with Crippen LogP contribution in [0.4, 0.5) is 13.2 Å². The first-order valence-corrected chi connectivity index (χ1v) is 7.20. The lowest BCUT2D eigenvalue weighted by atomic mass is 9.95. The van der Waals surface area contributed by atoms with Crippen molar-refractivity contribution >= 4 is 23.4 Å². The molecule has 0 aromatic heterocycles. The molecule has 1 rings (SSSR count). The fourth-order valence-corrected chi connectivity index (χ4v) is 1.80. The monoisotopic (exact) mass is 337 g/mol. The van der Waals surface area contributed by atoms with E-state index >= 15 is 0 Å². The van der Waals surface area contributed by atoms with E-state index in [1.807, 2.05) is 0 Å². The minimum absolute atomic E-state index is 0.0207. The molecule has 0 heterocycles. The quantitative estimate of drug-likeness (QED) is 0.383. The Morgan fingerprint density at radius 1 is 1.13 bits per heavy atom. The van der Waals surface area contributed by atoms with Crippen LogP contribution in [0.1, 0.15) is 33.1 Å². The van der Waals surface area contributed by atoms with Crippen LogP contribution in [0.2, 0.25) is 0 Å². The summed E-state index contributed by atoms with van der Waals surface area (Å²) < 4.78 is 47.5. The number of carbonyl (C=O) groups is 3. The summed E-state index contributed by atoms with van der Waals surface area (Å²) in [7, 11) is 0. The zero-order chi connectivity index (χ0) is 17.6.